The highest BCUT2D eigenvalue weighted by Crippen LogP contribution is 2.34. The number of carbonyl (C=O) groups is 1. The van der Waals surface area contributed by atoms with Crippen molar-refractivity contribution in [3.8, 4) is 0 Å². The molecule has 2 aromatic rings. The number of carbonyl (C=O) groups excluding carboxylic acids is 1. The van der Waals surface area contributed by atoms with Crippen LogP contribution in [-0.4, -0.2) is 30.9 Å². The van der Waals surface area contributed by atoms with Crippen LogP contribution in [0, 0.1) is 0 Å². The molecule has 3 heterocycles. The molecular formula is C15H11ClN2O4S3. The van der Waals surface area contributed by atoms with Crippen LogP contribution in [0.5, 0.6) is 0 Å². The Kier molecular flexibility index (Phi) is 5.19. The number of amidine groups is 1. The van der Waals surface area contributed by atoms with Crippen molar-refractivity contribution >= 4 is 61.9 Å². The zero-order valence-corrected chi connectivity index (χ0v) is 15.8. The van der Waals surface area contributed by atoms with Gasteiger partial charge in [-0.2, -0.15) is 8.42 Å². The first-order valence-corrected chi connectivity index (χ1v) is 10.3. The minimum Gasteiger partial charge on any atom is -0.465 e. The van der Waals surface area contributed by atoms with E-state index in [1.807, 2.05) is 0 Å². The molecule has 0 spiro atoms. The standard InChI is InChI=1S/C15H11ClN2O4S3/c1-2-7-18-14(19)11(9-10-4-3-8-22-10)23-15(18)17-25(20,21)13-6-5-12(16)24-13/h2-6,8-9H,1,7H2/b11-9-,17-15+. The van der Waals surface area contributed by atoms with E-state index < -0.39 is 10.0 Å². The first-order chi connectivity index (χ1) is 11.9. The van der Waals surface area contributed by atoms with Gasteiger partial charge in [0.25, 0.3) is 15.9 Å². The van der Waals surface area contributed by atoms with Gasteiger partial charge in [-0.15, -0.1) is 22.3 Å². The van der Waals surface area contributed by atoms with E-state index >= 15 is 0 Å². The number of thiophene rings is 1. The van der Waals surface area contributed by atoms with Crippen molar-refractivity contribution in [3.05, 3.63) is 58.2 Å². The third kappa shape index (κ3) is 3.90. The Morgan fingerprint density at radius 3 is 2.76 bits per heavy atom. The van der Waals surface area contributed by atoms with Crippen molar-refractivity contribution < 1.29 is 17.6 Å². The molecule has 1 aliphatic heterocycles. The predicted molar refractivity (Wildman–Crippen MR) is 100 cm³/mol. The number of halogens is 1. The van der Waals surface area contributed by atoms with Gasteiger partial charge < -0.3 is 4.42 Å². The number of hydrogen-bond acceptors (Lipinski definition) is 6. The molecule has 10 heteroatoms. The summed E-state index contributed by atoms with van der Waals surface area (Å²) in [5.74, 6) is 0.128. The summed E-state index contributed by atoms with van der Waals surface area (Å²) in [6.07, 6.45) is 4.52. The van der Waals surface area contributed by atoms with Gasteiger partial charge in [-0.1, -0.05) is 17.7 Å². The highest BCUT2D eigenvalue weighted by atomic mass is 35.5. The molecule has 0 bridgehead atoms. The number of furan rings is 1. The minimum atomic E-state index is -3.96. The SMILES string of the molecule is C=CCN1C(=O)/C(=C/c2ccco2)S/C1=N/S(=O)(=O)c1ccc(Cl)s1. The van der Waals surface area contributed by atoms with Crippen LogP contribution in [-0.2, 0) is 14.8 Å². The fourth-order valence-electron chi connectivity index (χ4n) is 1.95. The number of hydrogen-bond donors (Lipinski definition) is 0. The summed E-state index contributed by atoms with van der Waals surface area (Å²) >= 11 is 7.66. The monoisotopic (exact) mass is 414 g/mol. The maximum atomic E-state index is 12.5. The predicted octanol–water partition coefficient (Wildman–Crippen LogP) is 3.84. The van der Waals surface area contributed by atoms with Gasteiger partial charge in [0.1, 0.15) is 9.97 Å². The molecule has 1 aliphatic rings. The third-order valence-electron chi connectivity index (χ3n) is 3.02. The number of nitrogens with zero attached hydrogens (tertiary/aromatic N) is 2. The lowest BCUT2D eigenvalue weighted by Gasteiger charge is -2.12. The second-order valence-electron chi connectivity index (χ2n) is 4.74. The van der Waals surface area contributed by atoms with E-state index in [4.69, 9.17) is 16.0 Å². The molecule has 0 unspecified atom stereocenters. The molecular weight excluding hydrogens is 404 g/mol. The first-order valence-electron chi connectivity index (χ1n) is 6.87. The zero-order valence-electron chi connectivity index (χ0n) is 12.6. The van der Waals surface area contributed by atoms with E-state index in [0.717, 1.165) is 23.1 Å². The molecule has 2 aromatic heterocycles. The fourth-order valence-corrected chi connectivity index (χ4v) is 5.58. The molecule has 25 heavy (non-hydrogen) atoms. The third-order valence-corrected chi connectivity index (χ3v) is 7.11. The van der Waals surface area contributed by atoms with E-state index in [1.54, 1.807) is 18.2 Å². The van der Waals surface area contributed by atoms with E-state index in [2.05, 4.69) is 11.0 Å². The molecule has 0 aromatic carbocycles. The summed E-state index contributed by atoms with van der Waals surface area (Å²) in [7, 11) is -3.96. The van der Waals surface area contributed by atoms with E-state index in [9.17, 15) is 13.2 Å². The average molecular weight is 415 g/mol. The lowest BCUT2D eigenvalue weighted by molar-refractivity contribution is -0.121. The topological polar surface area (TPSA) is 80.0 Å². The van der Waals surface area contributed by atoms with Gasteiger partial charge in [0, 0.05) is 12.6 Å². The van der Waals surface area contributed by atoms with Gasteiger partial charge in [0.15, 0.2) is 5.17 Å². The first kappa shape index (κ1) is 18.0. The highest BCUT2D eigenvalue weighted by Gasteiger charge is 2.34. The zero-order chi connectivity index (χ0) is 18.0. The summed E-state index contributed by atoms with van der Waals surface area (Å²) in [4.78, 5) is 14.1. The Hall–Kier alpha value is -1.81. The van der Waals surface area contributed by atoms with Crippen molar-refractivity contribution in [2.24, 2.45) is 4.40 Å². The van der Waals surface area contributed by atoms with Crippen LogP contribution in [0.4, 0.5) is 0 Å². The van der Waals surface area contributed by atoms with Crippen LogP contribution in [0.25, 0.3) is 6.08 Å². The Bertz CT molecular complexity index is 974. The molecule has 0 aliphatic carbocycles. The van der Waals surface area contributed by atoms with Gasteiger partial charge in [-0.05, 0) is 36.0 Å². The second kappa shape index (κ2) is 7.20. The second-order valence-corrected chi connectivity index (χ2v) is 9.29. The van der Waals surface area contributed by atoms with Crippen LogP contribution in [0.15, 0.2) is 61.1 Å². The molecule has 0 saturated carbocycles. The largest absolute Gasteiger partial charge is 0.465 e. The van der Waals surface area contributed by atoms with Crippen molar-refractivity contribution in [2.45, 2.75) is 4.21 Å². The van der Waals surface area contributed by atoms with Gasteiger partial charge in [0.05, 0.1) is 15.5 Å². The fraction of sp³-hybridized carbons (Fsp3) is 0.0667. The van der Waals surface area contributed by atoms with Crippen LogP contribution in [0.2, 0.25) is 4.34 Å². The molecule has 1 saturated heterocycles. The molecule has 1 amide bonds. The van der Waals surface area contributed by atoms with Gasteiger partial charge in [-0.3, -0.25) is 9.69 Å². The number of sulfonamides is 1. The molecule has 6 nitrogen and oxygen atoms in total. The van der Waals surface area contributed by atoms with Crippen molar-refractivity contribution in [1.82, 2.24) is 4.90 Å². The smallest absolute Gasteiger partial charge is 0.294 e. The Morgan fingerprint density at radius 1 is 1.36 bits per heavy atom. The Morgan fingerprint density at radius 2 is 2.16 bits per heavy atom. The number of thioether (sulfide) groups is 1. The summed E-state index contributed by atoms with van der Waals surface area (Å²) in [5.41, 5.74) is 0. The highest BCUT2D eigenvalue weighted by molar-refractivity contribution is 8.19. The quantitative estimate of drug-likeness (QED) is 0.548. The maximum Gasteiger partial charge on any atom is 0.294 e. The van der Waals surface area contributed by atoms with Crippen molar-refractivity contribution in [1.29, 1.82) is 0 Å². The van der Waals surface area contributed by atoms with Crippen molar-refractivity contribution in [3.63, 3.8) is 0 Å². The molecule has 0 atom stereocenters. The van der Waals surface area contributed by atoms with Crippen LogP contribution < -0.4 is 0 Å². The summed E-state index contributed by atoms with van der Waals surface area (Å²) in [5, 5.41) is 0.0622. The lowest BCUT2D eigenvalue weighted by Crippen LogP contribution is -2.29. The molecule has 1 fully saturated rings. The van der Waals surface area contributed by atoms with Gasteiger partial charge in [0.2, 0.25) is 0 Å². The van der Waals surface area contributed by atoms with Crippen LogP contribution in [0.1, 0.15) is 5.76 Å². The van der Waals surface area contributed by atoms with Crippen molar-refractivity contribution in [2.75, 3.05) is 6.54 Å². The maximum absolute atomic E-state index is 12.5. The molecule has 3 rings (SSSR count). The summed E-state index contributed by atoms with van der Waals surface area (Å²) in [6.45, 7) is 3.73. The van der Waals surface area contributed by atoms with E-state index in [1.165, 1.54) is 29.4 Å². The summed E-state index contributed by atoms with van der Waals surface area (Å²) in [6, 6.07) is 6.25. The Labute approximate surface area is 157 Å². The number of amides is 1. The van der Waals surface area contributed by atoms with E-state index in [0.29, 0.717) is 15.0 Å². The number of rotatable bonds is 5. The molecule has 0 radical (unpaired) electrons. The average Bonchev–Trinajstić information content (AvgIpc) is 3.26. The van der Waals surface area contributed by atoms with Gasteiger partial charge in [-0.25, -0.2) is 0 Å². The minimum absolute atomic E-state index is 0.0140. The van der Waals surface area contributed by atoms with Crippen LogP contribution in [0.3, 0.4) is 0 Å². The van der Waals surface area contributed by atoms with Crippen LogP contribution >= 0.6 is 34.7 Å². The molecule has 0 N–H and O–H groups in total. The lowest BCUT2D eigenvalue weighted by atomic mass is 10.3. The summed E-state index contributed by atoms with van der Waals surface area (Å²) < 4.78 is 34.2. The Balaban J connectivity index is 1.99. The van der Waals surface area contributed by atoms with E-state index in [-0.39, 0.29) is 21.8 Å². The molecule has 130 valence electrons. The van der Waals surface area contributed by atoms with Gasteiger partial charge >= 0.3 is 0 Å². The normalized spacial score (nSPS) is 18.4.